The van der Waals surface area contributed by atoms with Crippen LogP contribution in [-0.4, -0.2) is 54.3 Å². The molecule has 2 rings (SSSR count). The first-order chi connectivity index (χ1) is 10.2. The van der Waals surface area contributed by atoms with Crippen LogP contribution in [-0.2, 0) is 9.59 Å². The molecule has 2 amide bonds. The lowest BCUT2D eigenvalue weighted by atomic mass is 10.0. The van der Waals surface area contributed by atoms with Crippen molar-refractivity contribution < 1.29 is 9.59 Å². The van der Waals surface area contributed by atoms with Gasteiger partial charge in [0.15, 0.2) is 0 Å². The van der Waals surface area contributed by atoms with E-state index >= 15 is 0 Å². The standard InChI is InChI=1S/C16H29N3O2/c17-8-3-7-15(20)18-9-4-10-19(12-11-18)16(21)13-14-5-1-2-6-14/h14H,1-13,17H2. The molecule has 120 valence electrons. The van der Waals surface area contributed by atoms with Crippen molar-refractivity contribution in [3.05, 3.63) is 0 Å². The Morgan fingerprint density at radius 2 is 1.52 bits per heavy atom. The topological polar surface area (TPSA) is 66.6 Å². The molecule has 1 saturated carbocycles. The number of hydrogen-bond acceptors (Lipinski definition) is 3. The van der Waals surface area contributed by atoms with E-state index < -0.39 is 0 Å². The summed E-state index contributed by atoms with van der Waals surface area (Å²) in [7, 11) is 0. The SMILES string of the molecule is NCCCC(=O)N1CCCN(C(=O)CC2CCCC2)CC1. The summed E-state index contributed by atoms with van der Waals surface area (Å²) in [6, 6.07) is 0. The predicted octanol–water partition coefficient (Wildman–Crippen LogP) is 1.37. The molecule has 5 nitrogen and oxygen atoms in total. The van der Waals surface area contributed by atoms with Gasteiger partial charge in [-0.1, -0.05) is 12.8 Å². The molecular weight excluding hydrogens is 266 g/mol. The van der Waals surface area contributed by atoms with E-state index in [2.05, 4.69) is 0 Å². The van der Waals surface area contributed by atoms with Crippen LogP contribution in [0.4, 0.5) is 0 Å². The zero-order chi connectivity index (χ0) is 15.1. The van der Waals surface area contributed by atoms with E-state index in [1.54, 1.807) is 0 Å². The second-order valence-electron chi connectivity index (χ2n) is 6.36. The van der Waals surface area contributed by atoms with Crippen LogP contribution in [0.15, 0.2) is 0 Å². The Morgan fingerprint density at radius 3 is 2.14 bits per heavy atom. The van der Waals surface area contributed by atoms with Gasteiger partial charge in [-0.2, -0.15) is 0 Å². The van der Waals surface area contributed by atoms with Gasteiger partial charge in [0, 0.05) is 39.0 Å². The third-order valence-electron chi connectivity index (χ3n) is 4.73. The zero-order valence-electron chi connectivity index (χ0n) is 13.1. The van der Waals surface area contributed by atoms with Gasteiger partial charge in [-0.25, -0.2) is 0 Å². The van der Waals surface area contributed by atoms with E-state index in [1.807, 2.05) is 9.80 Å². The Bertz CT molecular complexity index is 353. The van der Waals surface area contributed by atoms with Gasteiger partial charge >= 0.3 is 0 Å². The monoisotopic (exact) mass is 295 g/mol. The van der Waals surface area contributed by atoms with Gasteiger partial charge < -0.3 is 15.5 Å². The minimum absolute atomic E-state index is 0.186. The van der Waals surface area contributed by atoms with Gasteiger partial charge in [-0.3, -0.25) is 9.59 Å². The van der Waals surface area contributed by atoms with Crippen molar-refractivity contribution in [1.29, 1.82) is 0 Å². The van der Waals surface area contributed by atoms with Gasteiger partial charge in [0.2, 0.25) is 11.8 Å². The molecule has 1 aliphatic carbocycles. The Labute approximate surface area is 127 Å². The summed E-state index contributed by atoms with van der Waals surface area (Å²) in [4.78, 5) is 28.3. The average molecular weight is 295 g/mol. The minimum Gasteiger partial charge on any atom is -0.341 e. The Hall–Kier alpha value is -1.10. The summed E-state index contributed by atoms with van der Waals surface area (Å²) in [6.07, 6.45) is 7.87. The summed E-state index contributed by atoms with van der Waals surface area (Å²) in [5, 5.41) is 0. The average Bonchev–Trinajstić information content (AvgIpc) is 2.86. The van der Waals surface area contributed by atoms with E-state index in [0.717, 1.165) is 25.9 Å². The summed E-state index contributed by atoms with van der Waals surface area (Å²) in [5.74, 6) is 1.08. The van der Waals surface area contributed by atoms with Crippen molar-refractivity contribution in [2.45, 2.75) is 51.4 Å². The highest BCUT2D eigenvalue weighted by molar-refractivity contribution is 5.78. The van der Waals surface area contributed by atoms with Gasteiger partial charge in [0.25, 0.3) is 0 Å². The van der Waals surface area contributed by atoms with Crippen molar-refractivity contribution in [1.82, 2.24) is 9.80 Å². The highest BCUT2D eigenvalue weighted by Crippen LogP contribution is 2.28. The smallest absolute Gasteiger partial charge is 0.222 e. The lowest BCUT2D eigenvalue weighted by Crippen LogP contribution is -2.37. The Kier molecular flexibility index (Phi) is 6.49. The zero-order valence-corrected chi connectivity index (χ0v) is 13.1. The fraction of sp³-hybridized carbons (Fsp3) is 0.875. The summed E-state index contributed by atoms with van der Waals surface area (Å²) >= 11 is 0. The van der Waals surface area contributed by atoms with Crippen molar-refractivity contribution >= 4 is 11.8 Å². The molecule has 2 aliphatic rings. The molecule has 5 heteroatoms. The Balaban J connectivity index is 1.76. The fourth-order valence-corrected chi connectivity index (χ4v) is 3.42. The second-order valence-corrected chi connectivity index (χ2v) is 6.36. The molecule has 0 unspecified atom stereocenters. The number of amides is 2. The molecule has 21 heavy (non-hydrogen) atoms. The lowest BCUT2D eigenvalue weighted by Gasteiger charge is -2.23. The molecule has 2 N–H and O–H groups in total. The molecule has 2 fully saturated rings. The van der Waals surface area contributed by atoms with Crippen molar-refractivity contribution in [2.24, 2.45) is 11.7 Å². The fourth-order valence-electron chi connectivity index (χ4n) is 3.42. The van der Waals surface area contributed by atoms with Gasteiger partial charge in [0.1, 0.15) is 0 Å². The number of nitrogens with two attached hydrogens (primary N) is 1. The van der Waals surface area contributed by atoms with Crippen LogP contribution in [0.2, 0.25) is 0 Å². The molecular formula is C16H29N3O2. The number of nitrogens with zero attached hydrogens (tertiary/aromatic N) is 2. The first-order valence-electron chi connectivity index (χ1n) is 8.46. The maximum absolute atomic E-state index is 12.4. The molecule has 0 aromatic heterocycles. The molecule has 1 heterocycles. The quantitative estimate of drug-likeness (QED) is 0.833. The van der Waals surface area contributed by atoms with E-state index in [1.165, 1.54) is 25.7 Å². The third-order valence-corrected chi connectivity index (χ3v) is 4.73. The first-order valence-corrected chi connectivity index (χ1v) is 8.46. The third kappa shape index (κ3) is 4.99. The summed E-state index contributed by atoms with van der Waals surface area (Å²) in [6.45, 7) is 3.51. The van der Waals surface area contributed by atoms with E-state index in [4.69, 9.17) is 5.73 Å². The molecule has 1 saturated heterocycles. The highest BCUT2D eigenvalue weighted by Gasteiger charge is 2.25. The number of carbonyl (C=O) groups excluding carboxylic acids is 2. The molecule has 1 aliphatic heterocycles. The number of rotatable bonds is 5. The molecule has 0 radical (unpaired) electrons. The first kappa shape index (κ1) is 16.3. The number of hydrogen-bond donors (Lipinski definition) is 1. The van der Waals surface area contributed by atoms with Crippen LogP contribution in [0.1, 0.15) is 51.4 Å². The highest BCUT2D eigenvalue weighted by atomic mass is 16.2. The molecule has 0 aromatic rings. The van der Waals surface area contributed by atoms with Crippen LogP contribution in [0, 0.1) is 5.92 Å². The molecule has 0 atom stereocenters. The molecule has 0 bridgehead atoms. The second kappa shape index (κ2) is 8.37. The predicted molar refractivity (Wildman–Crippen MR) is 82.6 cm³/mol. The van der Waals surface area contributed by atoms with E-state index in [-0.39, 0.29) is 11.8 Å². The van der Waals surface area contributed by atoms with Gasteiger partial charge in [0.05, 0.1) is 0 Å². The van der Waals surface area contributed by atoms with Crippen molar-refractivity contribution in [3.63, 3.8) is 0 Å². The van der Waals surface area contributed by atoms with Gasteiger partial charge in [-0.15, -0.1) is 0 Å². The van der Waals surface area contributed by atoms with Gasteiger partial charge in [-0.05, 0) is 38.1 Å². The lowest BCUT2D eigenvalue weighted by molar-refractivity contribution is -0.134. The van der Waals surface area contributed by atoms with Crippen LogP contribution in [0.3, 0.4) is 0 Å². The van der Waals surface area contributed by atoms with Crippen LogP contribution >= 0.6 is 0 Å². The van der Waals surface area contributed by atoms with Crippen molar-refractivity contribution in [2.75, 3.05) is 32.7 Å². The van der Waals surface area contributed by atoms with Crippen LogP contribution in [0.5, 0.6) is 0 Å². The summed E-state index contributed by atoms with van der Waals surface area (Å²) in [5.41, 5.74) is 5.45. The van der Waals surface area contributed by atoms with Crippen LogP contribution in [0.25, 0.3) is 0 Å². The normalized spacial score (nSPS) is 20.6. The van der Waals surface area contributed by atoms with Crippen LogP contribution < -0.4 is 5.73 Å². The summed E-state index contributed by atoms with van der Waals surface area (Å²) < 4.78 is 0. The maximum Gasteiger partial charge on any atom is 0.222 e. The largest absolute Gasteiger partial charge is 0.341 e. The van der Waals surface area contributed by atoms with E-state index in [0.29, 0.717) is 38.4 Å². The minimum atomic E-state index is 0.186. The maximum atomic E-state index is 12.4. The number of carbonyl (C=O) groups is 2. The molecule has 0 aromatic carbocycles. The Morgan fingerprint density at radius 1 is 0.905 bits per heavy atom. The van der Waals surface area contributed by atoms with Crippen molar-refractivity contribution in [3.8, 4) is 0 Å². The van der Waals surface area contributed by atoms with E-state index in [9.17, 15) is 9.59 Å². The molecule has 0 spiro atoms.